The molecule has 3 nitrogen and oxygen atoms in total. The van der Waals surface area contributed by atoms with Crippen LogP contribution in [0.25, 0.3) is 0 Å². The van der Waals surface area contributed by atoms with Gasteiger partial charge in [0.15, 0.2) is 0 Å². The minimum Gasteiger partial charge on any atom is -0.450 e. The second-order valence-electron chi connectivity index (χ2n) is 3.70. The first-order valence-corrected chi connectivity index (χ1v) is 4.64. The number of benzene rings is 1. The van der Waals surface area contributed by atoms with Gasteiger partial charge in [-0.05, 0) is 18.4 Å². The van der Waals surface area contributed by atoms with Gasteiger partial charge in [0.1, 0.15) is 6.61 Å². The molecule has 0 aliphatic heterocycles. The lowest BCUT2D eigenvalue weighted by atomic mass is 9.97. The van der Waals surface area contributed by atoms with Crippen molar-refractivity contribution in [2.75, 3.05) is 6.61 Å². The lowest BCUT2D eigenvalue weighted by molar-refractivity contribution is 0.0829. The number of carboxylic acid groups (broad SMARTS) is 1. The van der Waals surface area contributed by atoms with E-state index in [0.717, 1.165) is 12.8 Å². The van der Waals surface area contributed by atoms with E-state index < -0.39 is 6.16 Å². The van der Waals surface area contributed by atoms with E-state index >= 15 is 0 Å². The molecule has 1 aromatic carbocycles. The summed E-state index contributed by atoms with van der Waals surface area (Å²) < 4.78 is 4.64. The minimum atomic E-state index is -1.19. The topological polar surface area (TPSA) is 46.5 Å². The molecule has 2 rings (SSSR count). The van der Waals surface area contributed by atoms with Crippen LogP contribution in [0.15, 0.2) is 30.3 Å². The average Bonchev–Trinajstić information content (AvgIpc) is 2.97. The highest BCUT2D eigenvalue weighted by molar-refractivity contribution is 5.57. The van der Waals surface area contributed by atoms with Gasteiger partial charge in [-0.15, -0.1) is 0 Å². The maximum Gasteiger partial charge on any atom is 0.505 e. The molecule has 0 aromatic heterocycles. The summed E-state index contributed by atoms with van der Waals surface area (Å²) in [7, 11) is 0. The van der Waals surface area contributed by atoms with Crippen molar-refractivity contribution in [3.8, 4) is 0 Å². The van der Waals surface area contributed by atoms with Crippen molar-refractivity contribution in [1.29, 1.82) is 0 Å². The van der Waals surface area contributed by atoms with Crippen molar-refractivity contribution in [3.05, 3.63) is 35.9 Å². The Morgan fingerprint density at radius 1 is 1.36 bits per heavy atom. The molecule has 1 aliphatic rings. The van der Waals surface area contributed by atoms with E-state index in [4.69, 9.17) is 5.11 Å². The van der Waals surface area contributed by atoms with Crippen LogP contribution in [0.5, 0.6) is 0 Å². The van der Waals surface area contributed by atoms with Gasteiger partial charge in [0, 0.05) is 5.41 Å². The molecular weight excluding hydrogens is 180 g/mol. The molecule has 0 heterocycles. The Kier molecular flexibility index (Phi) is 2.15. The molecule has 1 N–H and O–H groups in total. The van der Waals surface area contributed by atoms with Crippen molar-refractivity contribution in [2.24, 2.45) is 0 Å². The molecule has 1 aliphatic carbocycles. The Balaban J connectivity index is 2.06. The average molecular weight is 192 g/mol. The van der Waals surface area contributed by atoms with Crippen molar-refractivity contribution in [1.82, 2.24) is 0 Å². The van der Waals surface area contributed by atoms with Crippen LogP contribution in [0.4, 0.5) is 4.79 Å². The number of ether oxygens (including phenoxy) is 1. The normalized spacial score (nSPS) is 17.4. The van der Waals surface area contributed by atoms with Crippen LogP contribution >= 0.6 is 0 Å². The molecule has 0 radical (unpaired) electrons. The highest BCUT2D eigenvalue weighted by atomic mass is 16.7. The predicted octanol–water partition coefficient (Wildman–Crippen LogP) is 2.41. The van der Waals surface area contributed by atoms with Crippen molar-refractivity contribution < 1.29 is 14.6 Å². The van der Waals surface area contributed by atoms with Crippen molar-refractivity contribution in [2.45, 2.75) is 18.3 Å². The molecule has 1 saturated carbocycles. The fourth-order valence-electron chi connectivity index (χ4n) is 1.66. The van der Waals surface area contributed by atoms with Crippen molar-refractivity contribution in [3.63, 3.8) is 0 Å². The second kappa shape index (κ2) is 3.33. The first-order chi connectivity index (χ1) is 6.73. The highest BCUT2D eigenvalue weighted by Gasteiger charge is 2.45. The molecule has 0 bridgehead atoms. The summed E-state index contributed by atoms with van der Waals surface area (Å²) >= 11 is 0. The van der Waals surface area contributed by atoms with Crippen LogP contribution < -0.4 is 0 Å². The fraction of sp³-hybridized carbons (Fsp3) is 0.364. The van der Waals surface area contributed by atoms with Gasteiger partial charge in [-0.1, -0.05) is 30.3 Å². The maximum atomic E-state index is 10.3. The number of hydrogen-bond donors (Lipinski definition) is 1. The van der Waals surface area contributed by atoms with Gasteiger partial charge in [-0.2, -0.15) is 0 Å². The van der Waals surface area contributed by atoms with Crippen LogP contribution in [0.2, 0.25) is 0 Å². The van der Waals surface area contributed by atoms with Gasteiger partial charge >= 0.3 is 6.16 Å². The molecule has 0 atom stereocenters. The molecule has 0 amide bonds. The smallest absolute Gasteiger partial charge is 0.450 e. The van der Waals surface area contributed by atoms with E-state index in [9.17, 15) is 4.79 Å². The molecule has 0 saturated heterocycles. The summed E-state index contributed by atoms with van der Waals surface area (Å²) in [5.74, 6) is 0. The van der Waals surface area contributed by atoms with Gasteiger partial charge in [0.25, 0.3) is 0 Å². The van der Waals surface area contributed by atoms with Crippen LogP contribution in [0.1, 0.15) is 18.4 Å². The number of carbonyl (C=O) groups is 1. The van der Waals surface area contributed by atoms with Crippen molar-refractivity contribution >= 4 is 6.16 Å². The third-order valence-corrected chi connectivity index (χ3v) is 2.71. The van der Waals surface area contributed by atoms with E-state index in [2.05, 4.69) is 4.74 Å². The molecule has 0 spiro atoms. The Labute approximate surface area is 82.3 Å². The van der Waals surface area contributed by atoms with E-state index in [1.165, 1.54) is 5.56 Å². The van der Waals surface area contributed by atoms with Crippen LogP contribution in [-0.4, -0.2) is 17.9 Å². The van der Waals surface area contributed by atoms with Gasteiger partial charge in [0.05, 0.1) is 0 Å². The summed E-state index contributed by atoms with van der Waals surface area (Å²) in [6.07, 6.45) is 0.849. The molecule has 1 aromatic rings. The summed E-state index contributed by atoms with van der Waals surface area (Å²) in [5, 5.41) is 8.43. The van der Waals surface area contributed by atoms with E-state index in [-0.39, 0.29) is 12.0 Å². The molecule has 0 unspecified atom stereocenters. The summed E-state index contributed by atoms with van der Waals surface area (Å²) in [6, 6.07) is 9.94. The Bertz CT molecular complexity index is 328. The lowest BCUT2D eigenvalue weighted by Crippen LogP contribution is -2.17. The summed E-state index contributed by atoms with van der Waals surface area (Å²) in [4.78, 5) is 10.3. The fourth-order valence-corrected chi connectivity index (χ4v) is 1.66. The first-order valence-electron chi connectivity index (χ1n) is 4.64. The van der Waals surface area contributed by atoms with Gasteiger partial charge in [0.2, 0.25) is 0 Å². The zero-order valence-corrected chi connectivity index (χ0v) is 7.77. The standard InChI is InChI=1S/C11H12O3/c12-10(13)14-8-11(6-7-11)9-4-2-1-3-5-9/h1-5H,6-8H2,(H,12,13). The quantitative estimate of drug-likeness (QED) is 0.748. The maximum absolute atomic E-state index is 10.3. The van der Waals surface area contributed by atoms with E-state index in [0.29, 0.717) is 0 Å². The number of rotatable bonds is 3. The minimum absolute atomic E-state index is 0.0281. The molecule has 1 fully saturated rings. The SMILES string of the molecule is O=C(O)OCC1(c2ccccc2)CC1. The van der Waals surface area contributed by atoms with Crippen LogP contribution in [0.3, 0.4) is 0 Å². The second-order valence-corrected chi connectivity index (χ2v) is 3.70. The van der Waals surface area contributed by atoms with E-state index in [1.807, 2.05) is 30.3 Å². The first kappa shape index (κ1) is 9.06. The third-order valence-electron chi connectivity index (χ3n) is 2.71. The monoisotopic (exact) mass is 192 g/mol. The van der Waals surface area contributed by atoms with Crippen LogP contribution in [-0.2, 0) is 10.2 Å². The summed E-state index contributed by atoms with van der Waals surface area (Å²) in [5.41, 5.74) is 1.15. The zero-order valence-electron chi connectivity index (χ0n) is 7.77. The zero-order chi connectivity index (χ0) is 10.0. The van der Waals surface area contributed by atoms with Crippen LogP contribution in [0, 0.1) is 0 Å². The molecule has 3 heteroatoms. The summed E-state index contributed by atoms with van der Waals surface area (Å²) in [6.45, 7) is 0.284. The van der Waals surface area contributed by atoms with E-state index in [1.54, 1.807) is 0 Å². The third kappa shape index (κ3) is 1.71. The molecule has 14 heavy (non-hydrogen) atoms. The Morgan fingerprint density at radius 3 is 2.50 bits per heavy atom. The predicted molar refractivity (Wildman–Crippen MR) is 51.3 cm³/mol. The largest absolute Gasteiger partial charge is 0.505 e. The molecular formula is C11H12O3. The lowest BCUT2D eigenvalue weighted by Gasteiger charge is -2.13. The number of hydrogen-bond acceptors (Lipinski definition) is 2. The molecule has 74 valence electrons. The Morgan fingerprint density at radius 2 is 2.00 bits per heavy atom. The Hall–Kier alpha value is -1.51. The highest BCUT2D eigenvalue weighted by Crippen LogP contribution is 2.48. The van der Waals surface area contributed by atoms with Gasteiger partial charge in [-0.3, -0.25) is 0 Å². The van der Waals surface area contributed by atoms with Gasteiger partial charge < -0.3 is 9.84 Å². The van der Waals surface area contributed by atoms with Gasteiger partial charge in [-0.25, -0.2) is 4.79 Å².